The van der Waals surface area contributed by atoms with Gasteiger partial charge in [-0.15, -0.1) is 0 Å². The molecule has 2 aliphatic heterocycles. The normalized spacial score (nSPS) is 21.5. The molecule has 1 saturated heterocycles. The van der Waals surface area contributed by atoms with Gasteiger partial charge in [-0.25, -0.2) is 13.2 Å². The van der Waals surface area contributed by atoms with Crippen LogP contribution in [0.5, 0.6) is 0 Å². The van der Waals surface area contributed by atoms with E-state index in [1.165, 1.54) is 19.1 Å². The van der Waals surface area contributed by atoms with Gasteiger partial charge in [0.25, 0.3) is 0 Å². The highest BCUT2D eigenvalue weighted by Gasteiger charge is 2.42. The van der Waals surface area contributed by atoms with E-state index in [1.807, 2.05) is 42.2 Å². The highest BCUT2D eigenvalue weighted by molar-refractivity contribution is 6.70. The molecule has 0 radical (unpaired) electrons. The lowest BCUT2D eigenvalue weighted by Gasteiger charge is -2.45. The van der Waals surface area contributed by atoms with Crippen molar-refractivity contribution < 1.29 is 17.6 Å². The summed E-state index contributed by atoms with van der Waals surface area (Å²) in [6.07, 6.45) is 2.36. The van der Waals surface area contributed by atoms with Crippen LogP contribution in [0.1, 0.15) is 57.4 Å². The van der Waals surface area contributed by atoms with Gasteiger partial charge in [-0.3, -0.25) is 10.00 Å². The van der Waals surface area contributed by atoms with Crippen LogP contribution in [0.25, 0.3) is 10.9 Å². The summed E-state index contributed by atoms with van der Waals surface area (Å²) in [6.45, 7) is 11.3. The van der Waals surface area contributed by atoms with Crippen LogP contribution >= 0.6 is 0 Å². The first-order valence-corrected chi connectivity index (χ1v) is 17.1. The fourth-order valence-electron chi connectivity index (χ4n) is 6.70. The Morgan fingerprint density at radius 1 is 1.05 bits per heavy atom. The number of aromatic amines is 1. The molecular weight excluding hydrogens is 579 g/mol. The Balaban J connectivity index is 1.35. The third-order valence-corrected chi connectivity index (χ3v) is 12.0. The highest BCUT2D eigenvalue weighted by atomic mass is 28.3. The summed E-state index contributed by atoms with van der Waals surface area (Å²) in [6, 6.07) is 15.7. The molecule has 6 nitrogen and oxygen atoms in total. The number of alkyl halides is 1. The Morgan fingerprint density at radius 3 is 2.39 bits per heavy atom. The van der Waals surface area contributed by atoms with E-state index >= 15 is 13.2 Å². The molecule has 234 valence electrons. The van der Waals surface area contributed by atoms with E-state index in [1.54, 1.807) is 6.20 Å². The number of nitrogens with one attached hydrogen (secondary N) is 3. The zero-order valence-corrected chi connectivity index (χ0v) is 27.2. The molecule has 3 N–H and O–H groups in total. The number of hydrogen-bond acceptors (Lipinski definition) is 5. The van der Waals surface area contributed by atoms with Gasteiger partial charge in [-0.05, 0) is 59.8 Å². The highest BCUT2D eigenvalue weighted by Crippen LogP contribution is 2.43. The van der Waals surface area contributed by atoms with Gasteiger partial charge < -0.3 is 15.1 Å². The van der Waals surface area contributed by atoms with Gasteiger partial charge in [0, 0.05) is 42.3 Å². The molecule has 3 aromatic carbocycles. The lowest BCUT2D eigenvalue weighted by atomic mass is 9.82. The number of rotatable bonds is 9. The summed E-state index contributed by atoms with van der Waals surface area (Å²) in [5, 5.41) is 15.5. The molecule has 2 aliphatic rings. The van der Waals surface area contributed by atoms with Gasteiger partial charge in [0.15, 0.2) is 0 Å². The Morgan fingerprint density at radius 2 is 1.75 bits per heavy atom. The number of fused-ring (bicyclic) bond motifs is 3. The first-order valence-electron chi connectivity index (χ1n) is 15.4. The number of anilines is 1. The average Bonchev–Trinajstić information content (AvgIpc) is 3.41. The Bertz CT molecular complexity index is 1600. The van der Waals surface area contributed by atoms with Crippen LogP contribution in [-0.2, 0) is 10.8 Å². The number of hydrogen-bond donors (Lipinski definition) is 3. The van der Waals surface area contributed by atoms with Crippen molar-refractivity contribution in [2.24, 2.45) is 0 Å². The largest absolute Gasteiger partial charge is 0.412 e. The second-order valence-electron chi connectivity index (χ2n) is 13.8. The molecule has 0 amide bonds. The summed E-state index contributed by atoms with van der Waals surface area (Å²) in [7, 11) is -2.04. The van der Waals surface area contributed by atoms with Crippen molar-refractivity contribution in [3.63, 3.8) is 0 Å². The molecule has 0 spiro atoms. The topological polar surface area (TPSA) is 65.2 Å². The van der Waals surface area contributed by atoms with Gasteiger partial charge in [-0.1, -0.05) is 57.2 Å². The van der Waals surface area contributed by atoms with Crippen LogP contribution in [0.15, 0.2) is 60.8 Å². The minimum atomic E-state index is -2.04. The maximum Gasteiger partial charge on any atom is 0.213 e. The Hall–Kier alpha value is -3.18. The molecule has 2 unspecified atom stereocenters. The van der Waals surface area contributed by atoms with Crippen LogP contribution in [0.3, 0.4) is 0 Å². The number of nitrogens with zero attached hydrogens (tertiary/aromatic N) is 2. The second-order valence-corrected chi connectivity index (χ2v) is 17.3. The van der Waals surface area contributed by atoms with Gasteiger partial charge >= 0.3 is 0 Å². The quantitative estimate of drug-likeness (QED) is 0.208. The van der Waals surface area contributed by atoms with Gasteiger partial charge in [0.2, 0.25) is 9.04 Å². The van der Waals surface area contributed by atoms with Gasteiger partial charge in [0.1, 0.15) is 17.3 Å². The Labute approximate surface area is 259 Å². The minimum absolute atomic E-state index is 0.0472. The maximum atomic E-state index is 16.7. The van der Waals surface area contributed by atoms with Gasteiger partial charge in [0.05, 0.1) is 30.4 Å². The fraction of sp³-hybridized carbons (Fsp3) is 0.441. The smallest absolute Gasteiger partial charge is 0.213 e. The monoisotopic (exact) mass is 621 g/mol. The first kappa shape index (κ1) is 30.8. The lowest BCUT2D eigenvalue weighted by molar-refractivity contribution is 0.0228. The van der Waals surface area contributed by atoms with Crippen molar-refractivity contribution in [2.75, 3.05) is 31.6 Å². The van der Waals surface area contributed by atoms with E-state index in [0.717, 1.165) is 40.3 Å². The van der Waals surface area contributed by atoms with Crippen molar-refractivity contribution in [1.82, 2.24) is 20.4 Å². The van der Waals surface area contributed by atoms with Crippen LogP contribution in [0, 0.1) is 11.6 Å². The molecule has 0 aliphatic carbocycles. The summed E-state index contributed by atoms with van der Waals surface area (Å²) >= 11 is 0. The first-order chi connectivity index (χ1) is 20.9. The Kier molecular flexibility index (Phi) is 8.38. The van der Waals surface area contributed by atoms with E-state index in [2.05, 4.69) is 53.7 Å². The number of halogens is 3. The molecule has 44 heavy (non-hydrogen) atoms. The fourth-order valence-corrected chi connectivity index (χ4v) is 9.48. The van der Waals surface area contributed by atoms with Crippen molar-refractivity contribution in [3.05, 3.63) is 89.1 Å². The minimum Gasteiger partial charge on any atom is -0.412 e. The van der Waals surface area contributed by atoms with Crippen LogP contribution < -0.4 is 15.8 Å². The zero-order valence-electron chi connectivity index (χ0n) is 26.1. The van der Waals surface area contributed by atoms with Crippen LogP contribution in [0.2, 0.25) is 5.04 Å². The van der Waals surface area contributed by atoms with Crippen LogP contribution in [-0.4, -0.2) is 68.1 Å². The second kappa shape index (κ2) is 12.0. The van der Waals surface area contributed by atoms with E-state index in [-0.39, 0.29) is 35.8 Å². The zero-order chi connectivity index (χ0) is 31.2. The third-order valence-electron chi connectivity index (χ3n) is 8.92. The van der Waals surface area contributed by atoms with Gasteiger partial charge in [-0.2, -0.15) is 5.10 Å². The predicted molar refractivity (Wildman–Crippen MR) is 173 cm³/mol. The molecule has 4 aromatic rings. The van der Waals surface area contributed by atoms with Crippen molar-refractivity contribution in [3.8, 4) is 0 Å². The molecule has 6 rings (SSSR count). The summed E-state index contributed by atoms with van der Waals surface area (Å²) < 4.78 is 55.3. The molecule has 1 fully saturated rings. The molecular formula is C34H42F3N5OSi. The van der Waals surface area contributed by atoms with E-state index in [0.29, 0.717) is 12.1 Å². The predicted octanol–water partition coefficient (Wildman–Crippen LogP) is 5.74. The molecule has 10 heteroatoms. The van der Waals surface area contributed by atoms with Crippen molar-refractivity contribution in [1.29, 1.82) is 0 Å². The van der Waals surface area contributed by atoms with Crippen molar-refractivity contribution >= 4 is 30.8 Å². The average molecular weight is 622 g/mol. The molecule has 0 saturated carbocycles. The maximum absolute atomic E-state index is 16.7. The van der Waals surface area contributed by atoms with E-state index in [9.17, 15) is 0 Å². The lowest BCUT2D eigenvalue weighted by Crippen LogP contribution is -2.52. The summed E-state index contributed by atoms with van der Waals surface area (Å²) in [5.41, 5.74) is 1.16. The molecule has 3 heterocycles. The van der Waals surface area contributed by atoms with Crippen LogP contribution in [0.4, 0.5) is 18.9 Å². The van der Waals surface area contributed by atoms with Crippen molar-refractivity contribution in [2.45, 2.75) is 69.9 Å². The summed E-state index contributed by atoms with van der Waals surface area (Å²) in [5.74, 6) is -1.30. The number of H-pyrrole nitrogens is 1. The van der Waals surface area contributed by atoms with E-state index < -0.39 is 32.4 Å². The van der Waals surface area contributed by atoms with E-state index in [4.69, 9.17) is 4.43 Å². The summed E-state index contributed by atoms with van der Waals surface area (Å²) in [4.78, 5) is 1.91. The SMILES string of the molecule is C[C@@H]1Cc2c(ccc3[nH]ncc23)[C@@H](c2c(F)cc(NC3CNC3)cc2F)N1CC(C)(F)CO[SiH](c1ccccc1)C(C)(C)C. The molecule has 4 atom stereocenters. The number of aromatic nitrogens is 2. The molecule has 0 bridgehead atoms. The molecule has 1 aromatic heterocycles. The third kappa shape index (κ3) is 6.17. The standard InChI is InChI=1S/C34H42F3N5OSi/c1-21-13-26-25(11-12-30-27(26)18-39-41-30)32(31-28(35)14-22(15-29(31)36)40-23-16-38-17-23)42(21)19-34(5,37)20-43-44(33(2,3)4)24-9-7-6-8-10-24/h6-12,14-15,18,21,23,32,38,40,44H,13,16-17,19-20H2,1-5H3,(H,39,41)/t21-,32+,34?,44?/m1/s1. The number of benzene rings is 3.